The standard InChI is InChI=1S/C22H29NO6/c1-4-28-21(25)14-29-19-10-5-16(13-20(19)27-3)11-12-23-15(2)22(26)17-6-8-18(24)9-7-17/h5-10,13,15,22-24,26H,4,11-12,14H2,1-3H3/t15-,22+/m0/s1. The van der Waals surface area contributed by atoms with E-state index in [1.54, 1.807) is 44.4 Å². The van der Waals surface area contributed by atoms with Crippen LogP contribution in [0.5, 0.6) is 17.2 Å². The van der Waals surface area contributed by atoms with Crippen LogP contribution in [0.15, 0.2) is 42.5 Å². The number of aliphatic hydroxyl groups is 1. The van der Waals surface area contributed by atoms with Crippen LogP contribution >= 0.6 is 0 Å². The Morgan fingerprint density at radius 1 is 1.14 bits per heavy atom. The van der Waals surface area contributed by atoms with Crippen LogP contribution in [0.2, 0.25) is 0 Å². The van der Waals surface area contributed by atoms with E-state index in [1.807, 2.05) is 19.1 Å². The number of hydrogen-bond acceptors (Lipinski definition) is 7. The molecular weight excluding hydrogens is 374 g/mol. The number of methoxy groups -OCH3 is 1. The highest BCUT2D eigenvalue weighted by atomic mass is 16.6. The summed E-state index contributed by atoms with van der Waals surface area (Å²) in [5.41, 5.74) is 1.77. The summed E-state index contributed by atoms with van der Waals surface area (Å²) < 4.78 is 15.7. The molecule has 0 aliphatic carbocycles. The molecular formula is C22H29NO6. The predicted octanol–water partition coefficient (Wildman–Crippen LogP) is 2.60. The van der Waals surface area contributed by atoms with Crippen LogP contribution in [0.3, 0.4) is 0 Å². The number of rotatable bonds is 11. The van der Waals surface area contributed by atoms with Crippen LogP contribution in [-0.2, 0) is 16.0 Å². The summed E-state index contributed by atoms with van der Waals surface area (Å²) in [5.74, 6) is 0.770. The van der Waals surface area contributed by atoms with E-state index in [2.05, 4.69) is 5.32 Å². The lowest BCUT2D eigenvalue weighted by atomic mass is 10.0. The molecule has 2 aromatic carbocycles. The lowest BCUT2D eigenvalue weighted by Gasteiger charge is -2.21. The second-order valence-corrected chi connectivity index (χ2v) is 6.61. The number of ether oxygens (including phenoxy) is 3. The van der Waals surface area contributed by atoms with Gasteiger partial charge in [-0.05, 0) is 62.2 Å². The number of aliphatic hydroxyl groups excluding tert-OH is 1. The van der Waals surface area contributed by atoms with Crippen molar-refractivity contribution in [2.75, 3.05) is 26.9 Å². The minimum absolute atomic E-state index is 0.159. The van der Waals surface area contributed by atoms with Gasteiger partial charge in [-0.15, -0.1) is 0 Å². The molecule has 2 rings (SSSR count). The monoisotopic (exact) mass is 403 g/mol. The number of hydrogen-bond donors (Lipinski definition) is 3. The van der Waals surface area contributed by atoms with E-state index in [0.29, 0.717) is 24.7 Å². The fraction of sp³-hybridized carbons (Fsp3) is 0.409. The maximum atomic E-state index is 11.4. The Balaban J connectivity index is 1.86. The first-order valence-corrected chi connectivity index (χ1v) is 9.60. The molecule has 0 saturated carbocycles. The van der Waals surface area contributed by atoms with Gasteiger partial charge in [0, 0.05) is 6.04 Å². The second-order valence-electron chi connectivity index (χ2n) is 6.61. The third kappa shape index (κ3) is 6.96. The molecule has 0 fully saturated rings. The number of nitrogens with one attached hydrogen (secondary N) is 1. The summed E-state index contributed by atoms with van der Waals surface area (Å²) in [6.45, 7) is 4.45. The molecule has 0 amide bonds. The van der Waals surface area contributed by atoms with Crippen molar-refractivity contribution in [3.05, 3.63) is 53.6 Å². The topological polar surface area (TPSA) is 97.3 Å². The summed E-state index contributed by atoms with van der Waals surface area (Å²) in [6, 6.07) is 11.9. The predicted molar refractivity (Wildman–Crippen MR) is 109 cm³/mol. The first-order valence-electron chi connectivity index (χ1n) is 9.60. The lowest BCUT2D eigenvalue weighted by molar-refractivity contribution is -0.145. The van der Waals surface area contributed by atoms with Crippen LogP contribution in [0, 0.1) is 0 Å². The fourth-order valence-corrected chi connectivity index (χ4v) is 2.84. The maximum absolute atomic E-state index is 11.4. The Kier molecular flexibility index (Phi) is 8.76. The number of carbonyl (C=O) groups excluding carboxylic acids is 1. The van der Waals surface area contributed by atoms with Crippen molar-refractivity contribution in [3.8, 4) is 17.2 Å². The van der Waals surface area contributed by atoms with Crippen molar-refractivity contribution >= 4 is 5.97 Å². The smallest absolute Gasteiger partial charge is 0.344 e. The normalized spacial score (nSPS) is 12.8. The van der Waals surface area contributed by atoms with Gasteiger partial charge in [-0.25, -0.2) is 4.79 Å². The first-order chi connectivity index (χ1) is 13.9. The summed E-state index contributed by atoms with van der Waals surface area (Å²) in [7, 11) is 1.55. The molecule has 0 aliphatic heterocycles. The molecule has 0 heterocycles. The van der Waals surface area contributed by atoms with E-state index in [0.717, 1.165) is 17.5 Å². The number of phenols is 1. The van der Waals surface area contributed by atoms with Gasteiger partial charge in [-0.1, -0.05) is 18.2 Å². The first kappa shape index (κ1) is 22.5. The summed E-state index contributed by atoms with van der Waals surface area (Å²) in [5, 5.41) is 23.1. The van der Waals surface area contributed by atoms with E-state index in [-0.39, 0.29) is 18.4 Å². The Bertz CT molecular complexity index is 777. The summed E-state index contributed by atoms with van der Waals surface area (Å²) in [6.07, 6.45) is 0.0463. The van der Waals surface area contributed by atoms with Gasteiger partial charge in [0.25, 0.3) is 0 Å². The van der Waals surface area contributed by atoms with Crippen LogP contribution < -0.4 is 14.8 Å². The molecule has 2 aromatic rings. The second kappa shape index (κ2) is 11.3. The lowest BCUT2D eigenvalue weighted by Crippen LogP contribution is -2.33. The number of carbonyl (C=O) groups is 1. The van der Waals surface area contributed by atoms with Crippen molar-refractivity contribution in [3.63, 3.8) is 0 Å². The Morgan fingerprint density at radius 3 is 2.52 bits per heavy atom. The molecule has 0 spiro atoms. The van der Waals surface area contributed by atoms with Gasteiger partial charge in [0.05, 0.1) is 19.8 Å². The number of benzene rings is 2. The van der Waals surface area contributed by atoms with Gasteiger partial charge >= 0.3 is 5.97 Å². The Morgan fingerprint density at radius 2 is 1.86 bits per heavy atom. The summed E-state index contributed by atoms with van der Waals surface area (Å²) >= 11 is 0. The van der Waals surface area contributed by atoms with E-state index in [9.17, 15) is 15.0 Å². The van der Waals surface area contributed by atoms with E-state index >= 15 is 0 Å². The van der Waals surface area contributed by atoms with Crippen molar-refractivity contribution in [1.82, 2.24) is 5.32 Å². The van der Waals surface area contributed by atoms with Crippen molar-refractivity contribution < 1.29 is 29.2 Å². The van der Waals surface area contributed by atoms with Gasteiger partial charge in [0.15, 0.2) is 18.1 Å². The van der Waals surface area contributed by atoms with E-state index < -0.39 is 12.1 Å². The molecule has 0 aliphatic rings. The van der Waals surface area contributed by atoms with Gasteiger partial charge < -0.3 is 29.7 Å². The van der Waals surface area contributed by atoms with Gasteiger partial charge in [-0.2, -0.15) is 0 Å². The number of phenolic OH excluding ortho intramolecular Hbond substituents is 1. The van der Waals surface area contributed by atoms with E-state index in [4.69, 9.17) is 14.2 Å². The quantitative estimate of drug-likeness (QED) is 0.496. The highest BCUT2D eigenvalue weighted by molar-refractivity contribution is 5.71. The van der Waals surface area contributed by atoms with Crippen LogP contribution in [-0.4, -0.2) is 49.1 Å². The molecule has 158 valence electrons. The minimum Gasteiger partial charge on any atom is -0.508 e. The third-order valence-corrected chi connectivity index (χ3v) is 4.47. The van der Waals surface area contributed by atoms with Gasteiger partial charge in [0.2, 0.25) is 0 Å². The molecule has 2 atom stereocenters. The fourth-order valence-electron chi connectivity index (χ4n) is 2.84. The van der Waals surface area contributed by atoms with Crippen LogP contribution in [0.25, 0.3) is 0 Å². The van der Waals surface area contributed by atoms with Gasteiger partial charge in [0.1, 0.15) is 5.75 Å². The summed E-state index contributed by atoms with van der Waals surface area (Å²) in [4.78, 5) is 11.4. The largest absolute Gasteiger partial charge is 0.508 e. The molecule has 0 bridgehead atoms. The molecule has 3 N–H and O–H groups in total. The van der Waals surface area contributed by atoms with Crippen LogP contribution in [0.1, 0.15) is 31.1 Å². The maximum Gasteiger partial charge on any atom is 0.344 e. The number of esters is 1. The molecule has 0 radical (unpaired) electrons. The number of aromatic hydroxyl groups is 1. The zero-order chi connectivity index (χ0) is 21.2. The molecule has 7 heteroatoms. The molecule has 7 nitrogen and oxygen atoms in total. The van der Waals surface area contributed by atoms with Crippen LogP contribution in [0.4, 0.5) is 0 Å². The van der Waals surface area contributed by atoms with Gasteiger partial charge in [-0.3, -0.25) is 0 Å². The third-order valence-electron chi connectivity index (χ3n) is 4.47. The highest BCUT2D eigenvalue weighted by Gasteiger charge is 2.16. The molecule has 0 saturated heterocycles. The molecule has 0 aromatic heterocycles. The SMILES string of the molecule is CCOC(=O)COc1ccc(CCN[C@@H](C)[C@@H](O)c2ccc(O)cc2)cc1OC. The molecule has 29 heavy (non-hydrogen) atoms. The zero-order valence-electron chi connectivity index (χ0n) is 17.1. The minimum atomic E-state index is -0.677. The Labute approximate surface area is 171 Å². The average Bonchev–Trinajstić information content (AvgIpc) is 2.72. The van der Waals surface area contributed by atoms with Crippen molar-refractivity contribution in [2.45, 2.75) is 32.4 Å². The Hall–Kier alpha value is -2.77. The average molecular weight is 403 g/mol. The zero-order valence-corrected chi connectivity index (χ0v) is 17.1. The molecule has 0 unspecified atom stereocenters. The van der Waals surface area contributed by atoms with Crippen molar-refractivity contribution in [1.29, 1.82) is 0 Å². The van der Waals surface area contributed by atoms with E-state index in [1.165, 1.54) is 0 Å². The van der Waals surface area contributed by atoms with Crippen molar-refractivity contribution in [2.24, 2.45) is 0 Å². The highest BCUT2D eigenvalue weighted by Crippen LogP contribution is 2.28.